The van der Waals surface area contributed by atoms with Gasteiger partial charge in [0.05, 0.1) is 7.11 Å². The van der Waals surface area contributed by atoms with Crippen LogP contribution in [0.3, 0.4) is 0 Å². The number of nitrogens with two attached hydrogens (primary N) is 1. The van der Waals surface area contributed by atoms with E-state index in [9.17, 15) is 4.79 Å². The number of ether oxygens (including phenoxy) is 1. The minimum absolute atomic E-state index is 0.0121. The first-order valence-electron chi connectivity index (χ1n) is 4.59. The Morgan fingerprint density at radius 2 is 2.36 bits per heavy atom. The zero-order valence-electron chi connectivity index (χ0n) is 8.08. The van der Waals surface area contributed by atoms with Gasteiger partial charge in [0, 0.05) is 10.4 Å². The number of thiophene rings is 1. The van der Waals surface area contributed by atoms with Gasteiger partial charge in [0.15, 0.2) is 0 Å². The van der Waals surface area contributed by atoms with Crippen molar-refractivity contribution in [1.82, 2.24) is 0 Å². The third-order valence-electron chi connectivity index (χ3n) is 2.47. The van der Waals surface area contributed by atoms with Crippen molar-refractivity contribution in [3.05, 3.63) is 21.9 Å². The number of methoxy groups -OCH3 is 1. The number of hydrogen-bond donors (Lipinski definition) is 1. The molecule has 1 fully saturated rings. The summed E-state index contributed by atoms with van der Waals surface area (Å²) < 4.78 is 4.64. The van der Waals surface area contributed by atoms with E-state index in [2.05, 4.69) is 4.74 Å². The van der Waals surface area contributed by atoms with Gasteiger partial charge < -0.3 is 10.5 Å². The minimum Gasteiger partial charge on any atom is -0.465 e. The van der Waals surface area contributed by atoms with E-state index >= 15 is 0 Å². The molecule has 0 atom stereocenters. The highest BCUT2D eigenvalue weighted by Gasteiger charge is 2.38. The summed E-state index contributed by atoms with van der Waals surface area (Å²) in [5, 5.41) is 0. The lowest BCUT2D eigenvalue weighted by molar-refractivity contribution is 0.0606. The molecule has 76 valence electrons. The molecule has 0 aromatic carbocycles. The fourth-order valence-electron chi connectivity index (χ4n) is 1.37. The molecule has 1 saturated carbocycles. The van der Waals surface area contributed by atoms with Crippen LogP contribution in [0.2, 0.25) is 0 Å². The summed E-state index contributed by atoms with van der Waals surface area (Å²) >= 11 is 1.48. The third kappa shape index (κ3) is 1.96. The van der Waals surface area contributed by atoms with Gasteiger partial charge in [-0.15, -0.1) is 11.3 Å². The molecular weight excluding hydrogens is 198 g/mol. The number of carbonyl (C=O) groups excluding carboxylic acids is 1. The van der Waals surface area contributed by atoms with Gasteiger partial charge >= 0.3 is 5.97 Å². The summed E-state index contributed by atoms with van der Waals surface area (Å²) in [4.78, 5) is 13.0. The summed E-state index contributed by atoms with van der Waals surface area (Å²) in [6, 6.07) is 3.77. The highest BCUT2D eigenvalue weighted by molar-refractivity contribution is 7.13. The Hall–Kier alpha value is -0.870. The minimum atomic E-state index is -0.261. The van der Waals surface area contributed by atoms with E-state index in [1.807, 2.05) is 6.07 Å². The molecule has 1 aliphatic carbocycles. The van der Waals surface area contributed by atoms with Crippen molar-refractivity contribution >= 4 is 17.3 Å². The standard InChI is InChI=1S/C10H13NO2S/c1-13-9(12)8-3-2-7(14-8)6-10(11)4-5-10/h2-3H,4-6,11H2,1H3. The lowest BCUT2D eigenvalue weighted by atomic mass is 10.2. The maximum atomic E-state index is 11.2. The molecule has 0 unspecified atom stereocenters. The average molecular weight is 211 g/mol. The van der Waals surface area contributed by atoms with Crippen molar-refractivity contribution in [2.75, 3.05) is 7.11 Å². The molecule has 4 heteroatoms. The Morgan fingerprint density at radius 3 is 2.93 bits per heavy atom. The van der Waals surface area contributed by atoms with E-state index < -0.39 is 0 Å². The van der Waals surface area contributed by atoms with Gasteiger partial charge in [0.25, 0.3) is 0 Å². The summed E-state index contributed by atoms with van der Waals surface area (Å²) in [6.45, 7) is 0. The van der Waals surface area contributed by atoms with Gasteiger partial charge in [-0.25, -0.2) is 4.79 Å². The van der Waals surface area contributed by atoms with Crippen molar-refractivity contribution in [2.24, 2.45) is 5.73 Å². The van der Waals surface area contributed by atoms with Crippen molar-refractivity contribution in [3.8, 4) is 0 Å². The predicted molar refractivity (Wildman–Crippen MR) is 55.5 cm³/mol. The summed E-state index contributed by atoms with van der Waals surface area (Å²) in [5.41, 5.74) is 6.00. The maximum Gasteiger partial charge on any atom is 0.348 e. The highest BCUT2D eigenvalue weighted by atomic mass is 32.1. The predicted octanol–water partition coefficient (Wildman–Crippen LogP) is 1.57. The Balaban J connectivity index is 2.06. The van der Waals surface area contributed by atoms with E-state index in [-0.39, 0.29) is 11.5 Å². The quantitative estimate of drug-likeness (QED) is 0.772. The molecule has 0 radical (unpaired) electrons. The van der Waals surface area contributed by atoms with Gasteiger partial charge in [-0.2, -0.15) is 0 Å². The molecular formula is C10H13NO2S. The Labute approximate surface area is 86.9 Å². The summed E-state index contributed by atoms with van der Waals surface area (Å²) in [7, 11) is 1.40. The fraction of sp³-hybridized carbons (Fsp3) is 0.500. The molecule has 14 heavy (non-hydrogen) atoms. The first-order chi connectivity index (χ1) is 6.63. The van der Waals surface area contributed by atoms with Crippen molar-refractivity contribution in [1.29, 1.82) is 0 Å². The van der Waals surface area contributed by atoms with E-state index in [1.54, 1.807) is 6.07 Å². The molecule has 2 N–H and O–H groups in total. The SMILES string of the molecule is COC(=O)c1ccc(CC2(N)CC2)s1. The first-order valence-corrected chi connectivity index (χ1v) is 5.40. The largest absolute Gasteiger partial charge is 0.465 e. The molecule has 2 rings (SSSR count). The van der Waals surface area contributed by atoms with Gasteiger partial charge in [-0.05, 0) is 31.4 Å². The molecule has 0 bridgehead atoms. The van der Waals surface area contributed by atoms with Crippen molar-refractivity contribution < 1.29 is 9.53 Å². The number of esters is 1. The molecule has 0 saturated heterocycles. The van der Waals surface area contributed by atoms with Gasteiger partial charge in [0.2, 0.25) is 0 Å². The molecule has 1 heterocycles. The van der Waals surface area contributed by atoms with Crippen LogP contribution in [0.25, 0.3) is 0 Å². The second-order valence-electron chi connectivity index (χ2n) is 3.80. The van der Waals surface area contributed by atoms with Crippen LogP contribution in [0, 0.1) is 0 Å². The lowest BCUT2D eigenvalue weighted by Gasteiger charge is -2.04. The van der Waals surface area contributed by atoms with Gasteiger partial charge in [-0.3, -0.25) is 0 Å². The Kier molecular flexibility index (Phi) is 2.33. The second-order valence-corrected chi connectivity index (χ2v) is 4.97. The molecule has 3 nitrogen and oxygen atoms in total. The van der Waals surface area contributed by atoms with E-state index in [4.69, 9.17) is 5.73 Å². The van der Waals surface area contributed by atoms with Crippen LogP contribution >= 0.6 is 11.3 Å². The number of carbonyl (C=O) groups is 1. The Morgan fingerprint density at radius 1 is 1.64 bits per heavy atom. The molecule has 0 spiro atoms. The Bertz CT molecular complexity index is 355. The zero-order chi connectivity index (χ0) is 10.2. The van der Waals surface area contributed by atoms with Crippen LogP contribution in [-0.4, -0.2) is 18.6 Å². The fourth-order valence-corrected chi connectivity index (χ4v) is 2.45. The average Bonchev–Trinajstić information content (AvgIpc) is 2.71. The van der Waals surface area contributed by atoms with Crippen LogP contribution in [0.5, 0.6) is 0 Å². The zero-order valence-corrected chi connectivity index (χ0v) is 8.89. The van der Waals surface area contributed by atoms with Crippen LogP contribution in [0.15, 0.2) is 12.1 Å². The maximum absolute atomic E-state index is 11.2. The van der Waals surface area contributed by atoms with Crippen LogP contribution < -0.4 is 5.73 Å². The van der Waals surface area contributed by atoms with E-state index in [0.29, 0.717) is 4.88 Å². The number of hydrogen-bond acceptors (Lipinski definition) is 4. The second kappa shape index (κ2) is 3.37. The van der Waals surface area contributed by atoms with Crippen molar-refractivity contribution in [3.63, 3.8) is 0 Å². The molecule has 0 aliphatic heterocycles. The number of rotatable bonds is 3. The smallest absolute Gasteiger partial charge is 0.348 e. The molecule has 1 aromatic heterocycles. The summed E-state index contributed by atoms with van der Waals surface area (Å²) in [6.07, 6.45) is 3.07. The van der Waals surface area contributed by atoms with E-state index in [0.717, 1.165) is 19.3 Å². The lowest BCUT2D eigenvalue weighted by Crippen LogP contribution is -2.23. The topological polar surface area (TPSA) is 52.3 Å². The van der Waals surface area contributed by atoms with Crippen LogP contribution in [-0.2, 0) is 11.2 Å². The van der Waals surface area contributed by atoms with Crippen LogP contribution in [0.1, 0.15) is 27.4 Å². The summed E-state index contributed by atoms with van der Waals surface area (Å²) in [5.74, 6) is -0.261. The highest BCUT2D eigenvalue weighted by Crippen LogP contribution is 2.37. The van der Waals surface area contributed by atoms with Crippen molar-refractivity contribution in [2.45, 2.75) is 24.8 Å². The van der Waals surface area contributed by atoms with E-state index in [1.165, 1.54) is 23.3 Å². The molecule has 0 amide bonds. The molecule has 1 aromatic rings. The monoisotopic (exact) mass is 211 g/mol. The van der Waals surface area contributed by atoms with Crippen LogP contribution in [0.4, 0.5) is 0 Å². The van der Waals surface area contributed by atoms with Gasteiger partial charge in [0.1, 0.15) is 4.88 Å². The third-order valence-corrected chi connectivity index (χ3v) is 3.53. The molecule has 1 aliphatic rings. The van der Waals surface area contributed by atoms with Gasteiger partial charge in [-0.1, -0.05) is 0 Å². The first kappa shape index (κ1) is 9.68. The normalized spacial score (nSPS) is 17.9.